The molecular formula is C23H30N3O4+. The summed E-state index contributed by atoms with van der Waals surface area (Å²) in [4.78, 5) is 26.6. The first-order chi connectivity index (χ1) is 14.4. The maximum Gasteiger partial charge on any atom is 0.279 e. The zero-order valence-corrected chi connectivity index (χ0v) is 17.7. The number of hydrogen-bond acceptors (Lipinski definition) is 4. The van der Waals surface area contributed by atoms with Gasteiger partial charge in [-0.05, 0) is 57.2 Å². The lowest BCUT2D eigenvalue weighted by atomic mass is 10.1. The van der Waals surface area contributed by atoms with Crippen LogP contribution in [0.3, 0.4) is 0 Å². The van der Waals surface area contributed by atoms with E-state index in [4.69, 9.17) is 9.47 Å². The van der Waals surface area contributed by atoms with Crippen LogP contribution in [0.25, 0.3) is 0 Å². The Morgan fingerprint density at radius 1 is 1.03 bits per heavy atom. The Morgan fingerprint density at radius 3 is 2.37 bits per heavy atom. The Bertz CT molecular complexity index is 859. The van der Waals surface area contributed by atoms with E-state index in [1.165, 1.54) is 4.90 Å². The van der Waals surface area contributed by atoms with Gasteiger partial charge < -0.3 is 25.0 Å². The number of quaternary nitrogens is 1. The second-order valence-corrected chi connectivity index (χ2v) is 7.60. The molecule has 1 saturated heterocycles. The van der Waals surface area contributed by atoms with Gasteiger partial charge in [0.1, 0.15) is 31.0 Å². The molecule has 2 aromatic carbocycles. The Kier molecular flexibility index (Phi) is 7.43. The minimum Gasteiger partial charge on any atom is -0.494 e. The fourth-order valence-corrected chi connectivity index (χ4v) is 3.74. The number of carbonyl (C=O) groups is 2. The fraction of sp³-hybridized carbons (Fsp3) is 0.391. The van der Waals surface area contributed by atoms with Gasteiger partial charge in [0, 0.05) is 5.69 Å². The molecule has 1 aliphatic heterocycles. The Hall–Kier alpha value is -2.90. The number of morpholine rings is 1. The van der Waals surface area contributed by atoms with Crippen LogP contribution < -0.4 is 20.3 Å². The zero-order valence-electron chi connectivity index (χ0n) is 17.7. The molecule has 3 rings (SSSR count). The van der Waals surface area contributed by atoms with Crippen LogP contribution in [0.5, 0.6) is 5.75 Å². The number of rotatable bonds is 7. The molecule has 1 heterocycles. The third-order valence-corrected chi connectivity index (χ3v) is 4.90. The number of hydrogen-bond donors (Lipinski definition) is 3. The highest BCUT2D eigenvalue weighted by atomic mass is 16.5. The summed E-state index contributed by atoms with van der Waals surface area (Å²) in [6.07, 6.45) is 0.257. The SMILES string of the molecule is CCOc1ccc(NC(=O)c2ccccc2NC(=O)C[NH+]2C[C@@H](C)O[C@@H](C)C2)cc1. The molecule has 0 aromatic heterocycles. The molecule has 0 bridgehead atoms. The summed E-state index contributed by atoms with van der Waals surface area (Å²) in [5, 5.41) is 5.77. The molecule has 0 radical (unpaired) electrons. The minimum atomic E-state index is -0.281. The van der Waals surface area contributed by atoms with Crippen LogP contribution in [0, 0.1) is 0 Å². The summed E-state index contributed by atoms with van der Waals surface area (Å²) in [7, 11) is 0. The smallest absolute Gasteiger partial charge is 0.279 e. The van der Waals surface area contributed by atoms with Crippen LogP contribution in [-0.2, 0) is 9.53 Å². The van der Waals surface area contributed by atoms with E-state index in [9.17, 15) is 9.59 Å². The van der Waals surface area contributed by atoms with E-state index >= 15 is 0 Å². The van der Waals surface area contributed by atoms with Gasteiger partial charge in [-0.2, -0.15) is 0 Å². The van der Waals surface area contributed by atoms with Gasteiger partial charge in [0.05, 0.1) is 17.9 Å². The van der Waals surface area contributed by atoms with Crippen LogP contribution in [0.4, 0.5) is 11.4 Å². The topological polar surface area (TPSA) is 81.1 Å². The number of para-hydroxylation sites is 1. The molecule has 7 nitrogen and oxygen atoms in total. The molecule has 0 saturated carbocycles. The van der Waals surface area contributed by atoms with Crippen LogP contribution in [0.1, 0.15) is 31.1 Å². The highest BCUT2D eigenvalue weighted by molar-refractivity contribution is 6.10. The number of benzene rings is 2. The van der Waals surface area contributed by atoms with Gasteiger partial charge in [-0.25, -0.2) is 0 Å². The summed E-state index contributed by atoms with van der Waals surface area (Å²) in [5.74, 6) is 0.348. The molecule has 3 atom stereocenters. The normalized spacial score (nSPS) is 21.0. The molecule has 2 aromatic rings. The summed E-state index contributed by atoms with van der Waals surface area (Å²) in [6.45, 7) is 8.47. The fourth-order valence-electron chi connectivity index (χ4n) is 3.74. The van der Waals surface area contributed by atoms with Crippen LogP contribution in [-0.4, -0.2) is 50.3 Å². The summed E-state index contributed by atoms with van der Waals surface area (Å²) in [6, 6.07) is 14.2. The highest BCUT2D eigenvalue weighted by Gasteiger charge is 2.27. The van der Waals surface area contributed by atoms with Gasteiger partial charge in [-0.3, -0.25) is 9.59 Å². The Morgan fingerprint density at radius 2 is 1.70 bits per heavy atom. The summed E-state index contributed by atoms with van der Waals surface area (Å²) in [5.41, 5.74) is 1.57. The molecule has 160 valence electrons. The van der Waals surface area contributed by atoms with Gasteiger partial charge in [0.2, 0.25) is 0 Å². The molecule has 1 fully saturated rings. The van der Waals surface area contributed by atoms with Crippen molar-refractivity contribution < 1.29 is 24.0 Å². The maximum atomic E-state index is 12.8. The molecule has 3 N–H and O–H groups in total. The van der Waals surface area contributed by atoms with Gasteiger partial charge in [0.15, 0.2) is 6.54 Å². The lowest BCUT2D eigenvalue weighted by molar-refractivity contribution is -0.907. The molecule has 0 spiro atoms. The number of ether oxygens (including phenoxy) is 2. The van der Waals surface area contributed by atoms with Crippen molar-refractivity contribution in [2.24, 2.45) is 0 Å². The predicted molar refractivity (Wildman–Crippen MR) is 116 cm³/mol. The van der Waals surface area contributed by atoms with Crippen molar-refractivity contribution in [1.82, 2.24) is 0 Å². The van der Waals surface area contributed by atoms with E-state index in [2.05, 4.69) is 10.6 Å². The average Bonchev–Trinajstić information content (AvgIpc) is 2.69. The van der Waals surface area contributed by atoms with Gasteiger partial charge in [-0.15, -0.1) is 0 Å². The standard InChI is InChI=1S/C23H29N3O4/c1-4-29-19-11-9-18(10-12-19)24-23(28)20-7-5-6-8-21(20)25-22(27)15-26-13-16(2)30-17(3)14-26/h5-12,16-17H,4,13-15H2,1-3H3,(H,24,28)(H,25,27)/p+1/t16-,17+. The minimum absolute atomic E-state index is 0.118. The van der Waals surface area contributed by atoms with Crippen molar-refractivity contribution >= 4 is 23.2 Å². The lowest BCUT2D eigenvalue weighted by Gasteiger charge is -2.31. The van der Waals surface area contributed by atoms with Crippen molar-refractivity contribution in [2.45, 2.75) is 33.0 Å². The molecule has 30 heavy (non-hydrogen) atoms. The monoisotopic (exact) mass is 412 g/mol. The van der Waals surface area contributed by atoms with Gasteiger partial charge in [-0.1, -0.05) is 12.1 Å². The first-order valence-electron chi connectivity index (χ1n) is 10.4. The van der Waals surface area contributed by atoms with E-state index in [1.807, 2.05) is 20.8 Å². The molecule has 1 aliphatic rings. The predicted octanol–water partition coefficient (Wildman–Crippen LogP) is 1.97. The number of carbonyl (C=O) groups excluding carboxylic acids is 2. The lowest BCUT2D eigenvalue weighted by Crippen LogP contribution is -3.16. The van der Waals surface area contributed by atoms with Gasteiger partial charge in [0.25, 0.3) is 11.8 Å². The maximum absolute atomic E-state index is 12.8. The van der Waals surface area contributed by atoms with E-state index in [1.54, 1.807) is 48.5 Å². The Balaban J connectivity index is 1.63. The zero-order chi connectivity index (χ0) is 21.5. The largest absolute Gasteiger partial charge is 0.494 e. The number of anilines is 2. The van der Waals surface area contributed by atoms with Crippen molar-refractivity contribution in [1.29, 1.82) is 0 Å². The van der Waals surface area contributed by atoms with Crippen LogP contribution >= 0.6 is 0 Å². The number of amides is 2. The first kappa shape index (κ1) is 21.8. The van der Waals surface area contributed by atoms with Gasteiger partial charge >= 0.3 is 0 Å². The molecule has 1 unspecified atom stereocenters. The van der Waals surface area contributed by atoms with Crippen molar-refractivity contribution in [3.8, 4) is 5.75 Å². The Labute approximate surface area is 177 Å². The van der Waals surface area contributed by atoms with Crippen LogP contribution in [0.2, 0.25) is 0 Å². The van der Waals surface area contributed by atoms with E-state index in [0.29, 0.717) is 30.1 Å². The second-order valence-electron chi connectivity index (χ2n) is 7.60. The second kappa shape index (κ2) is 10.2. The highest BCUT2D eigenvalue weighted by Crippen LogP contribution is 2.19. The average molecular weight is 413 g/mol. The summed E-state index contributed by atoms with van der Waals surface area (Å²) < 4.78 is 11.1. The molecule has 0 aliphatic carbocycles. The van der Waals surface area contributed by atoms with E-state index in [-0.39, 0.29) is 24.0 Å². The van der Waals surface area contributed by atoms with Crippen LogP contribution in [0.15, 0.2) is 48.5 Å². The quantitative estimate of drug-likeness (QED) is 0.650. The molecule has 2 amide bonds. The summed E-state index contributed by atoms with van der Waals surface area (Å²) >= 11 is 0. The number of nitrogens with one attached hydrogen (secondary N) is 3. The third kappa shape index (κ3) is 6.05. The third-order valence-electron chi connectivity index (χ3n) is 4.90. The first-order valence-corrected chi connectivity index (χ1v) is 10.4. The van der Waals surface area contributed by atoms with E-state index in [0.717, 1.165) is 18.8 Å². The van der Waals surface area contributed by atoms with Crippen molar-refractivity contribution in [3.63, 3.8) is 0 Å². The van der Waals surface area contributed by atoms with E-state index < -0.39 is 0 Å². The molecular weight excluding hydrogens is 382 g/mol. The van der Waals surface area contributed by atoms with Crippen molar-refractivity contribution in [2.75, 3.05) is 36.9 Å². The van der Waals surface area contributed by atoms with Crippen molar-refractivity contribution in [3.05, 3.63) is 54.1 Å². The molecule has 7 heteroatoms.